The lowest BCUT2D eigenvalue weighted by atomic mass is 10.1. The molecule has 0 radical (unpaired) electrons. The molecule has 1 aromatic heterocycles. The van der Waals surface area contributed by atoms with Crippen molar-refractivity contribution in [3.05, 3.63) is 50.2 Å². The molecule has 164 valence electrons. The van der Waals surface area contributed by atoms with Crippen LogP contribution < -0.4 is 27.2 Å². The van der Waals surface area contributed by atoms with Crippen molar-refractivity contribution in [1.29, 1.82) is 0 Å². The van der Waals surface area contributed by atoms with E-state index in [4.69, 9.17) is 5.73 Å². The summed E-state index contributed by atoms with van der Waals surface area (Å²) >= 11 is 0. The number of unbranched alkanes of at least 4 members (excludes halogenated alkanes) is 1. The molecule has 1 heterocycles. The Balaban J connectivity index is 2.39. The molecular formula is C22H33N5O3. The van der Waals surface area contributed by atoms with Gasteiger partial charge in [-0.05, 0) is 43.4 Å². The molecule has 2 rings (SSSR count). The molecule has 0 atom stereocenters. The van der Waals surface area contributed by atoms with Gasteiger partial charge in [-0.3, -0.25) is 19.1 Å². The molecule has 1 aromatic carbocycles. The molecule has 0 spiro atoms. The fraction of sp³-hybridized carbons (Fsp3) is 0.500. The highest BCUT2D eigenvalue weighted by atomic mass is 16.2. The van der Waals surface area contributed by atoms with Gasteiger partial charge in [0.2, 0.25) is 5.91 Å². The number of nitrogens with zero attached hydrogens (tertiary/aromatic N) is 2. The number of carbonyl (C=O) groups excluding carboxylic acids is 1. The first-order valence-electron chi connectivity index (χ1n) is 10.4. The molecule has 4 N–H and O–H groups in total. The number of nitrogens with one attached hydrogen (secondary N) is 2. The van der Waals surface area contributed by atoms with E-state index in [0.717, 1.165) is 23.2 Å². The summed E-state index contributed by atoms with van der Waals surface area (Å²) in [5.41, 5.74) is 8.03. The first-order valence-corrected chi connectivity index (χ1v) is 10.4. The zero-order valence-corrected chi connectivity index (χ0v) is 18.5. The Kier molecular flexibility index (Phi) is 7.86. The van der Waals surface area contributed by atoms with Gasteiger partial charge in [0, 0.05) is 18.8 Å². The van der Waals surface area contributed by atoms with E-state index in [2.05, 4.69) is 10.3 Å². The molecule has 0 aliphatic rings. The van der Waals surface area contributed by atoms with Crippen LogP contribution >= 0.6 is 0 Å². The summed E-state index contributed by atoms with van der Waals surface area (Å²) in [4.78, 5) is 41.7. The lowest BCUT2D eigenvalue weighted by molar-refractivity contribution is -0.117. The van der Waals surface area contributed by atoms with Crippen molar-refractivity contribution < 1.29 is 4.79 Å². The summed E-state index contributed by atoms with van der Waals surface area (Å²) in [5, 5.41) is 3.16. The van der Waals surface area contributed by atoms with Crippen molar-refractivity contribution in [3.63, 3.8) is 0 Å². The van der Waals surface area contributed by atoms with Crippen LogP contribution in [0.25, 0.3) is 0 Å². The van der Waals surface area contributed by atoms with Gasteiger partial charge in [0.05, 0.1) is 6.54 Å². The third-order valence-electron chi connectivity index (χ3n) is 4.89. The molecule has 8 nitrogen and oxygen atoms in total. The Labute approximate surface area is 177 Å². The van der Waals surface area contributed by atoms with Gasteiger partial charge in [0.15, 0.2) is 5.69 Å². The van der Waals surface area contributed by atoms with E-state index in [1.807, 2.05) is 52.8 Å². The van der Waals surface area contributed by atoms with Crippen LogP contribution in [0.3, 0.4) is 0 Å². The van der Waals surface area contributed by atoms with Crippen molar-refractivity contribution >= 4 is 23.1 Å². The fourth-order valence-corrected chi connectivity index (χ4v) is 3.25. The fourth-order valence-electron chi connectivity index (χ4n) is 3.25. The maximum atomic E-state index is 13.1. The zero-order valence-electron chi connectivity index (χ0n) is 18.5. The summed E-state index contributed by atoms with van der Waals surface area (Å²) in [5.74, 6) is -0.112. The minimum Gasteiger partial charge on any atom is -0.383 e. The van der Waals surface area contributed by atoms with Crippen LogP contribution in [0.1, 0.15) is 44.7 Å². The van der Waals surface area contributed by atoms with Gasteiger partial charge in [0.1, 0.15) is 5.82 Å². The number of aryl methyl sites for hydroxylation is 2. The van der Waals surface area contributed by atoms with Crippen molar-refractivity contribution in [3.8, 4) is 0 Å². The summed E-state index contributed by atoms with van der Waals surface area (Å²) in [7, 11) is 0. The number of benzene rings is 1. The molecule has 0 aliphatic carbocycles. The third-order valence-corrected chi connectivity index (χ3v) is 4.89. The highest BCUT2D eigenvalue weighted by Crippen LogP contribution is 2.20. The lowest BCUT2D eigenvalue weighted by Gasteiger charge is -2.25. The lowest BCUT2D eigenvalue weighted by Crippen LogP contribution is -2.43. The summed E-state index contributed by atoms with van der Waals surface area (Å²) in [6.45, 7) is 10.6. The molecule has 2 aromatic rings. The van der Waals surface area contributed by atoms with Crippen molar-refractivity contribution in [2.75, 3.05) is 29.0 Å². The molecule has 30 heavy (non-hydrogen) atoms. The number of nitrogens with two attached hydrogens (primary N) is 1. The SMILES string of the molecule is CCCCN(C(=O)CNc1cc(C)ccc1C)c1c(N)n(CC(C)C)c(=O)[nH]c1=O. The maximum Gasteiger partial charge on any atom is 0.330 e. The third kappa shape index (κ3) is 5.52. The smallest absolute Gasteiger partial charge is 0.330 e. The monoisotopic (exact) mass is 415 g/mol. The van der Waals surface area contributed by atoms with Crippen LogP contribution in [0.5, 0.6) is 0 Å². The van der Waals surface area contributed by atoms with Gasteiger partial charge in [-0.15, -0.1) is 0 Å². The average Bonchev–Trinajstić information content (AvgIpc) is 2.67. The maximum absolute atomic E-state index is 13.1. The highest BCUT2D eigenvalue weighted by Gasteiger charge is 2.24. The van der Waals surface area contributed by atoms with Crippen LogP contribution in [-0.4, -0.2) is 28.5 Å². The van der Waals surface area contributed by atoms with E-state index in [1.54, 1.807) is 0 Å². The van der Waals surface area contributed by atoms with Crippen molar-refractivity contribution in [1.82, 2.24) is 9.55 Å². The van der Waals surface area contributed by atoms with Crippen LogP contribution in [-0.2, 0) is 11.3 Å². The second-order valence-electron chi connectivity index (χ2n) is 8.07. The second kappa shape index (κ2) is 10.1. The van der Waals surface area contributed by atoms with E-state index >= 15 is 0 Å². The quantitative estimate of drug-likeness (QED) is 0.583. The Morgan fingerprint density at radius 1 is 1.27 bits per heavy atom. The molecule has 0 saturated carbocycles. The second-order valence-corrected chi connectivity index (χ2v) is 8.07. The molecule has 0 fully saturated rings. The normalized spacial score (nSPS) is 11.0. The van der Waals surface area contributed by atoms with Crippen LogP contribution in [0, 0.1) is 19.8 Å². The van der Waals surface area contributed by atoms with Gasteiger partial charge in [-0.2, -0.15) is 0 Å². The molecule has 0 bridgehead atoms. The molecule has 1 amide bonds. The number of amides is 1. The Bertz CT molecular complexity index is 1010. The van der Waals surface area contributed by atoms with Crippen LogP contribution in [0.4, 0.5) is 17.2 Å². The summed E-state index contributed by atoms with van der Waals surface area (Å²) in [6.07, 6.45) is 1.55. The molecule has 0 saturated heterocycles. The number of nitrogen functional groups attached to an aromatic ring is 1. The number of aromatic nitrogens is 2. The predicted octanol–water partition coefficient (Wildman–Crippen LogP) is 2.64. The van der Waals surface area contributed by atoms with Gasteiger partial charge >= 0.3 is 5.69 Å². The Morgan fingerprint density at radius 2 is 1.97 bits per heavy atom. The van der Waals surface area contributed by atoms with E-state index in [1.165, 1.54) is 9.47 Å². The molecular weight excluding hydrogens is 382 g/mol. The predicted molar refractivity (Wildman–Crippen MR) is 122 cm³/mol. The van der Waals surface area contributed by atoms with Gasteiger partial charge in [0.25, 0.3) is 5.56 Å². The largest absolute Gasteiger partial charge is 0.383 e. The summed E-state index contributed by atoms with van der Waals surface area (Å²) < 4.78 is 1.33. The average molecular weight is 416 g/mol. The van der Waals surface area contributed by atoms with Crippen molar-refractivity contribution in [2.24, 2.45) is 5.92 Å². The number of H-pyrrole nitrogens is 1. The minimum absolute atomic E-state index is 0.0101. The first-order chi connectivity index (χ1) is 14.1. The number of rotatable bonds is 9. The van der Waals surface area contributed by atoms with E-state index in [-0.39, 0.29) is 29.9 Å². The first kappa shape index (κ1) is 23.3. The Morgan fingerprint density at radius 3 is 2.60 bits per heavy atom. The highest BCUT2D eigenvalue weighted by molar-refractivity contribution is 5.98. The molecule has 0 unspecified atom stereocenters. The van der Waals surface area contributed by atoms with E-state index in [0.29, 0.717) is 19.5 Å². The van der Waals surface area contributed by atoms with Gasteiger partial charge in [-0.1, -0.05) is 39.3 Å². The number of hydrogen-bond donors (Lipinski definition) is 3. The number of aromatic amines is 1. The number of anilines is 3. The minimum atomic E-state index is -0.645. The van der Waals surface area contributed by atoms with Gasteiger partial charge in [-0.25, -0.2) is 4.79 Å². The summed E-state index contributed by atoms with van der Waals surface area (Å²) in [6, 6.07) is 5.97. The zero-order chi connectivity index (χ0) is 22.4. The van der Waals surface area contributed by atoms with Gasteiger partial charge < -0.3 is 16.0 Å². The van der Waals surface area contributed by atoms with Crippen molar-refractivity contribution in [2.45, 2.75) is 54.0 Å². The molecule has 0 aliphatic heterocycles. The van der Waals surface area contributed by atoms with Crippen LogP contribution in [0.2, 0.25) is 0 Å². The topological polar surface area (TPSA) is 113 Å². The Hall–Kier alpha value is -3.03. The number of hydrogen-bond acceptors (Lipinski definition) is 5. The standard InChI is InChI=1S/C22H33N5O3/c1-6-7-10-26(18(28)12-24-17-11-15(4)8-9-16(17)5)19-20(23)27(13-14(2)3)22(30)25-21(19)29/h8-9,11,14,24H,6-7,10,12-13,23H2,1-5H3,(H,25,29,30). The van der Waals surface area contributed by atoms with E-state index in [9.17, 15) is 14.4 Å². The number of carbonyl (C=O) groups is 1. The van der Waals surface area contributed by atoms with Crippen LogP contribution in [0.15, 0.2) is 27.8 Å². The van der Waals surface area contributed by atoms with E-state index < -0.39 is 11.2 Å². The molecule has 8 heteroatoms.